The normalized spacial score (nSPS) is 10.2. The van der Waals surface area contributed by atoms with Gasteiger partial charge in [-0.25, -0.2) is 0 Å². The van der Waals surface area contributed by atoms with Gasteiger partial charge in [-0.2, -0.15) is 0 Å². The van der Waals surface area contributed by atoms with Gasteiger partial charge in [0.25, 0.3) is 0 Å². The molecule has 6 heteroatoms. The maximum Gasteiger partial charge on any atom is 0.313 e. The fourth-order valence-corrected chi connectivity index (χ4v) is 2.66. The third-order valence-corrected chi connectivity index (χ3v) is 4.13. The zero-order valence-electron chi connectivity index (χ0n) is 16.7. The molecule has 2 N–H and O–H groups in total. The first-order valence-corrected chi connectivity index (χ1v) is 9.64. The highest BCUT2D eigenvalue weighted by atomic mass is 16.5. The lowest BCUT2D eigenvalue weighted by molar-refractivity contribution is -0.136. The van der Waals surface area contributed by atoms with Crippen molar-refractivity contribution in [1.29, 1.82) is 0 Å². The SMILES string of the molecule is CCOc1ccc(CCNC(=O)C(=O)Nc2ccc(CC)cc2)cc1OCC. The van der Waals surface area contributed by atoms with Gasteiger partial charge in [0.15, 0.2) is 11.5 Å². The predicted octanol–water partition coefficient (Wildman–Crippen LogP) is 3.34. The monoisotopic (exact) mass is 384 g/mol. The largest absolute Gasteiger partial charge is 0.490 e. The van der Waals surface area contributed by atoms with Crippen LogP contribution in [0, 0.1) is 0 Å². The van der Waals surface area contributed by atoms with Crippen molar-refractivity contribution >= 4 is 17.5 Å². The molecule has 150 valence electrons. The number of nitrogens with one attached hydrogen (secondary N) is 2. The van der Waals surface area contributed by atoms with Crippen LogP contribution in [0.5, 0.6) is 11.5 Å². The summed E-state index contributed by atoms with van der Waals surface area (Å²) in [6.45, 7) is 7.34. The van der Waals surface area contributed by atoms with E-state index in [1.807, 2.05) is 44.2 Å². The summed E-state index contributed by atoms with van der Waals surface area (Å²) < 4.78 is 11.1. The van der Waals surface area contributed by atoms with Crippen molar-refractivity contribution < 1.29 is 19.1 Å². The quantitative estimate of drug-likeness (QED) is 0.650. The number of rotatable bonds is 9. The van der Waals surface area contributed by atoms with Crippen LogP contribution in [0.4, 0.5) is 5.69 Å². The van der Waals surface area contributed by atoms with Crippen LogP contribution in [0.25, 0.3) is 0 Å². The molecule has 0 atom stereocenters. The Morgan fingerprint density at radius 3 is 2.11 bits per heavy atom. The van der Waals surface area contributed by atoms with Gasteiger partial charge < -0.3 is 20.1 Å². The van der Waals surface area contributed by atoms with Crippen LogP contribution < -0.4 is 20.1 Å². The minimum atomic E-state index is -0.675. The zero-order chi connectivity index (χ0) is 20.4. The molecule has 0 aliphatic carbocycles. The standard InChI is InChI=1S/C22H28N2O4/c1-4-16-7-10-18(11-8-16)24-22(26)21(25)23-14-13-17-9-12-19(27-5-2)20(15-17)28-6-3/h7-12,15H,4-6,13-14H2,1-3H3,(H,23,25)(H,24,26). The van der Waals surface area contributed by atoms with Crippen LogP contribution in [0.3, 0.4) is 0 Å². The van der Waals surface area contributed by atoms with Crippen molar-refractivity contribution in [2.45, 2.75) is 33.6 Å². The second-order valence-corrected chi connectivity index (χ2v) is 6.16. The molecule has 0 unspecified atom stereocenters. The highest BCUT2D eigenvalue weighted by Gasteiger charge is 2.13. The van der Waals surface area contributed by atoms with Gasteiger partial charge in [-0.05, 0) is 62.1 Å². The molecule has 0 fully saturated rings. The summed E-state index contributed by atoms with van der Waals surface area (Å²) in [5, 5.41) is 5.24. The maximum absolute atomic E-state index is 12.0. The van der Waals surface area contributed by atoms with Crippen molar-refractivity contribution in [1.82, 2.24) is 5.32 Å². The summed E-state index contributed by atoms with van der Waals surface area (Å²) in [4.78, 5) is 24.0. The molecule has 0 aliphatic heterocycles. The zero-order valence-corrected chi connectivity index (χ0v) is 16.7. The second kappa shape index (κ2) is 11.0. The third kappa shape index (κ3) is 6.30. The summed E-state index contributed by atoms with van der Waals surface area (Å²) in [6, 6.07) is 13.1. The first-order chi connectivity index (χ1) is 13.6. The van der Waals surface area contributed by atoms with Crippen molar-refractivity contribution in [3.63, 3.8) is 0 Å². The van der Waals surface area contributed by atoms with Gasteiger partial charge in [0.05, 0.1) is 13.2 Å². The molecule has 0 aromatic heterocycles. The van der Waals surface area contributed by atoms with Crippen LogP contribution in [0.15, 0.2) is 42.5 Å². The molecule has 2 amide bonds. The van der Waals surface area contributed by atoms with Crippen LogP contribution in [0.2, 0.25) is 0 Å². The van der Waals surface area contributed by atoms with Gasteiger partial charge in [-0.15, -0.1) is 0 Å². The van der Waals surface area contributed by atoms with Gasteiger partial charge >= 0.3 is 11.8 Å². The molecule has 6 nitrogen and oxygen atoms in total. The van der Waals surface area contributed by atoms with Crippen molar-refractivity contribution in [3.8, 4) is 11.5 Å². The summed E-state index contributed by atoms with van der Waals surface area (Å²) in [5.74, 6) is 0.0496. The summed E-state index contributed by atoms with van der Waals surface area (Å²) in [6.07, 6.45) is 1.50. The summed E-state index contributed by atoms with van der Waals surface area (Å²) >= 11 is 0. The minimum absolute atomic E-state index is 0.348. The molecule has 0 heterocycles. The van der Waals surface area contributed by atoms with Crippen LogP contribution in [-0.4, -0.2) is 31.6 Å². The van der Waals surface area contributed by atoms with Crippen molar-refractivity contribution in [2.75, 3.05) is 25.1 Å². The van der Waals surface area contributed by atoms with Crippen LogP contribution >= 0.6 is 0 Å². The van der Waals surface area contributed by atoms with E-state index in [0.717, 1.165) is 12.0 Å². The van der Waals surface area contributed by atoms with E-state index in [-0.39, 0.29) is 0 Å². The number of amides is 2. The van der Waals surface area contributed by atoms with E-state index in [1.54, 1.807) is 12.1 Å². The highest BCUT2D eigenvalue weighted by molar-refractivity contribution is 6.39. The number of aryl methyl sites for hydroxylation is 1. The lowest BCUT2D eigenvalue weighted by Gasteiger charge is -2.12. The van der Waals surface area contributed by atoms with Crippen LogP contribution in [-0.2, 0) is 22.4 Å². The molecule has 0 radical (unpaired) electrons. The Bertz CT molecular complexity index is 788. The van der Waals surface area contributed by atoms with E-state index in [1.165, 1.54) is 5.56 Å². The lowest BCUT2D eigenvalue weighted by Crippen LogP contribution is -2.36. The Morgan fingerprint density at radius 2 is 1.46 bits per heavy atom. The van der Waals surface area contributed by atoms with Gasteiger partial charge in [0.2, 0.25) is 0 Å². The van der Waals surface area contributed by atoms with E-state index < -0.39 is 11.8 Å². The highest BCUT2D eigenvalue weighted by Crippen LogP contribution is 2.28. The Labute approximate surface area is 166 Å². The molecule has 0 saturated carbocycles. The molecule has 2 aromatic rings. The summed E-state index contributed by atoms with van der Waals surface area (Å²) in [7, 11) is 0. The fraction of sp³-hybridized carbons (Fsp3) is 0.364. The second-order valence-electron chi connectivity index (χ2n) is 6.16. The summed E-state index contributed by atoms with van der Waals surface area (Å²) in [5.41, 5.74) is 2.76. The molecule has 2 rings (SSSR count). The third-order valence-electron chi connectivity index (χ3n) is 4.13. The van der Waals surface area contributed by atoms with Gasteiger partial charge in [0, 0.05) is 12.2 Å². The van der Waals surface area contributed by atoms with Gasteiger partial charge in [-0.3, -0.25) is 9.59 Å². The Kier molecular flexibility index (Phi) is 8.34. The Balaban J connectivity index is 1.85. The average Bonchev–Trinajstić information content (AvgIpc) is 2.70. The molecule has 28 heavy (non-hydrogen) atoms. The van der Waals surface area contributed by atoms with Crippen LogP contribution in [0.1, 0.15) is 31.9 Å². The molecular weight excluding hydrogens is 356 g/mol. The van der Waals surface area contributed by atoms with E-state index in [9.17, 15) is 9.59 Å². The van der Waals surface area contributed by atoms with Crippen molar-refractivity contribution in [2.24, 2.45) is 0 Å². The minimum Gasteiger partial charge on any atom is -0.490 e. The van der Waals surface area contributed by atoms with Crippen molar-refractivity contribution in [3.05, 3.63) is 53.6 Å². The molecule has 0 bridgehead atoms. The first kappa shape index (κ1) is 21.3. The molecule has 0 saturated heterocycles. The number of hydrogen-bond acceptors (Lipinski definition) is 4. The fourth-order valence-electron chi connectivity index (χ4n) is 2.66. The number of hydrogen-bond donors (Lipinski definition) is 2. The smallest absolute Gasteiger partial charge is 0.313 e. The number of benzene rings is 2. The lowest BCUT2D eigenvalue weighted by atomic mass is 10.1. The molecule has 0 aliphatic rings. The number of ether oxygens (including phenoxy) is 2. The Hall–Kier alpha value is -3.02. The number of anilines is 1. The van der Waals surface area contributed by atoms with Gasteiger partial charge in [0.1, 0.15) is 0 Å². The first-order valence-electron chi connectivity index (χ1n) is 9.64. The van der Waals surface area contributed by atoms with E-state index in [2.05, 4.69) is 17.6 Å². The molecule has 2 aromatic carbocycles. The number of carbonyl (C=O) groups excluding carboxylic acids is 2. The van der Waals surface area contributed by atoms with E-state index >= 15 is 0 Å². The average molecular weight is 384 g/mol. The Morgan fingerprint density at radius 1 is 0.821 bits per heavy atom. The topological polar surface area (TPSA) is 76.7 Å². The molecule has 0 spiro atoms. The predicted molar refractivity (Wildman–Crippen MR) is 110 cm³/mol. The van der Waals surface area contributed by atoms with Gasteiger partial charge in [-0.1, -0.05) is 25.1 Å². The number of carbonyl (C=O) groups is 2. The molecular formula is C22H28N2O4. The maximum atomic E-state index is 12.0. The van der Waals surface area contributed by atoms with E-state index in [4.69, 9.17) is 9.47 Å². The van der Waals surface area contributed by atoms with E-state index in [0.29, 0.717) is 43.4 Å².